The second kappa shape index (κ2) is 4.54. The normalized spacial score (nSPS) is 28.9. The molecule has 5 heteroatoms. The summed E-state index contributed by atoms with van der Waals surface area (Å²) < 4.78 is 10.8. The van der Waals surface area contributed by atoms with Gasteiger partial charge in [-0.25, -0.2) is 0 Å². The molecule has 0 aromatic heterocycles. The van der Waals surface area contributed by atoms with Gasteiger partial charge in [0.15, 0.2) is 11.5 Å². The van der Waals surface area contributed by atoms with Crippen LogP contribution in [0.25, 0.3) is 0 Å². The number of fused-ring (bicyclic) bond motifs is 2. The molecule has 2 saturated heterocycles. The molecule has 19 heavy (non-hydrogen) atoms. The van der Waals surface area contributed by atoms with Crippen molar-refractivity contribution in [2.24, 2.45) is 11.8 Å². The van der Waals surface area contributed by atoms with E-state index >= 15 is 0 Å². The van der Waals surface area contributed by atoms with E-state index in [-0.39, 0.29) is 6.79 Å². The molecular formula is C14H17ClN2O2. The lowest BCUT2D eigenvalue weighted by Gasteiger charge is -2.17. The molecule has 0 spiro atoms. The van der Waals surface area contributed by atoms with E-state index in [1.807, 2.05) is 6.07 Å². The summed E-state index contributed by atoms with van der Waals surface area (Å²) >= 11 is 6.22. The minimum atomic E-state index is 0.276. The van der Waals surface area contributed by atoms with Crippen LogP contribution in [0.4, 0.5) is 0 Å². The number of benzene rings is 1. The Balaban J connectivity index is 1.50. The van der Waals surface area contributed by atoms with Gasteiger partial charge in [-0.15, -0.1) is 0 Å². The largest absolute Gasteiger partial charge is 0.454 e. The van der Waals surface area contributed by atoms with Crippen molar-refractivity contribution in [3.8, 4) is 11.5 Å². The molecule has 0 saturated carbocycles. The minimum Gasteiger partial charge on any atom is -0.454 e. The molecule has 2 unspecified atom stereocenters. The first-order valence-electron chi connectivity index (χ1n) is 6.80. The summed E-state index contributed by atoms with van der Waals surface area (Å²) in [6.07, 6.45) is 0. The number of rotatable bonds is 2. The van der Waals surface area contributed by atoms with E-state index < -0.39 is 0 Å². The van der Waals surface area contributed by atoms with Crippen LogP contribution >= 0.6 is 11.6 Å². The highest BCUT2D eigenvalue weighted by Gasteiger charge is 2.35. The summed E-state index contributed by atoms with van der Waals surface area (Å²) in [6, 6.07) is 4.06. The molecule has 3 heterocycles. The number of nitrogens with zero attached hydrogens (tertiary/aromatic N) is 1. The van der Waals surface area contributed by atoms with E-state index in [0.29, 0.717) is 10.8 Å². The predicted molar refractivity (Wildman–Crippen MR) is 72.7 cm³/mol. The lowest BCUT2D eigenvalue weighted by Crippen LogP contribution is -2.25. The van der Waals surface area contributed by atoms with E-state index in [4.69, 9.17) is 21.1 Å². The van der Waals surface area contributed by atoms with Gasteiger partial charge in [-0.05, 0) is 42.6 Å². The van der Waals surface area contributed by atoms with E-state index in [1.54, 1.807) is 0 Å². The molecule has 1 N–H and O–H groups in total. The third-order valence-electron chi connectivity index (χ3n) is 4.36. The van der Waals surface area contributed by atoms with Crippen molar-refractivity contribution in [3.05, 3.63) is 22.7 Å². The summed E-state index contributed by atoms with van der Waals surface area (Å²) in [5, 5.41) is 4.13. The zero-order chi connectivity index (χ0) is 12.8. The van der Waals surface area contributed by atoms with Crippen LogP contribution in [0.2, 0.25) is 5.02 Å². The van der Waals surface area contributed by atoms with Crippen LogP contribution in [0, 0.1) is 11.8 Å². The van der Waals surface area contributed by atoms with Crippen molar-refractivity contribution >= 4 is 11.6 Å². The van der Waals surface area contributed by atoms with Crippen LogP contribution < -0.4 is 14.8 Å². The molecule has 0 radical (unpaired) electrons. The second-order valence-corrected chi connectivity index (χ2v) is 6.09. The highest BCUT2D eigenvalue weighted by Crippen LogP contribution is 2.40. The maximum absolute atomic E-state index is 6.22. The summed E-state index contributed by atoms with van der Waals surface area (Å²) in [7, 11) is 0. The second-order valence-electron chi connectivity index (χ2n) is 5.68. The fourth-order valence-electron chi connectivity index (χ4n) is 3.45. The van der Waals surface area contributed by atoms with Crippen LogP contribution in [0.3, 0.4) is 0 Å². The molecule has 1 aromatic rings. The van der Waals surface area contributed by atoms with Crippen molar-refractivity contribution in [1.82, 2.24) is 10.2 Å². The van der Waals surface area contributed by atoms with Crippen LogP contribution in [0.5, 0.6) is 11.5 Å². The van der Waals surface area contributed by atoms with Gasteiger partial charge in [0, 0.05) is 19.6 Å². The Morgan fingerprint density at radius 2 is 2.00 bits per heavy atom. The Labute approximate surface area is 117 Å². The quantitative estimate of drug-likeness (QED) is 0.894. The monoisotopic (exact) mass is 280 g/mol. The Hall–Kier alpha value is -0.970. The third kappa shape index (κ3) is 2.08. The molecule has 0 amide bonds. The number of hydrogen-bond donors (Lipinski definition) is 1. The molecule has 4 rings (SSSR count). The van der Waals surface area contributed by atoms with Gasteiger partial charge >= 0.3 is 0 Å². The van der Waals surface area contributed by atoms with E-state index in [9.17, 15) is 0 Å². The average molecular weight is 281 g/mol. The highest BCUT2D eigenvalue weighted by molar-refractivity contribution is 6.32. The third-order valence-corrected chi connectivity index (χ3v) is 4.64. The highest BCUT2D eigenvalue weighted by atomic mass is 35.5. The van der Waals surface area contributed by atoms with Gasteiger partial charge in [0.1, 0.15) is 0 Å². The summed E-state index contributed by atoms with van der Waals surface area (Å²) in [5.74, 6) is 3.12. The van der Waals surface area contributed by atoms with Gasteiger partial charge in [-0.3, -0.25) is 4.90 Å². The Bertz CT molecular complexity index is 496. The van der Waals surface area contributed by atoms with Crippen molar-refractivity contribution in [2.75, 3.05) is 33.0 Å². The molecule has 0 aliphatic carbocycles. The number of likely N-dealkylation sites (tertiary alicyclic amines) is 1. The van der Waals surface area contributed by atoms with Gasteiger partial charge in [0.05, 0.1) is 5.02 Å². The maximum Gasteiger partial charge on any atom is 0.231 e. The van der Waals surface area contributed by atoms with Gasteiger partial charge in [0.25, 0.3) is 0 Å². The summed E-state index contributed by atoms with van der Waals surface area (Å²) in [6.45, 7) is 5.93. The van der Waals surface area contributed by atoms with Gasteiger partial charge in [-0.2, -0.15) is 0 Å². The Kier molecular flexibility index (Phi) is 2.83. The summed E-state index contributed by atoms with van der Waals surface area (Å²) in [4.78, 5) is 2.52. The van der Waals surface area contributed by atoms with Crippen LogP contribution in [-0.2, 0) is 6.54 Å². The van der Waals surface area contributed by atoms with E-state index in [1.165, 1.54) is 31.7 Å². The van der Waals surface area contributed by atoms with Crippen molar-refractivity contribution in [3.63, 3.8) is 0 Å². The predicted octanol–water partition coefficient (Wildman–Crippen LogP) is 1.72. The van der Waals surface area contributed by atoms with E-state index in [2.05, 4.69) is 16.3 Å². The fraction of sp³-hybridized carbons (Fsp3) is 0.571. The Morgan fingerprint density at radius 3 is 2.79 bits per heavy atom. The standard InChI is InChI=1S/C14H17ClN2O2/c15-12-1-9(2-13-14(12)19-8-18-13)5-17-6-10-3-16-4-11(10)7-17/h1-2,10-11,16H,3-8H2. The fourth-order valence-corrected chi connectivity index (χ4v) is 3.74. The first kappa shape index (κ1) is 11.8. The van der Waals surface area contributed by atoms with Crippen LogP contribution in [0.1, 0.15) is 5.56 Å². The smallest absolute Gasteiger partial charge is 0.231 e. The number of hydrogen-bond acceptors (Lipinski definition) is 4. The first-order chi connectivity index (χ1) is 9.29. The molecule has 4 nitrogen and oxygen atoms in total. The molecule has 102 valence electrons. The lowest BCUT2D eigenvalue weighted by atomic mass is 10.0. The molecular weight excluding hydrogens is 264 g/mol. The summed E-state index contributed by atoms with van der Waals surface area (Å²) in [5.41, 5.74) is 1.21. The van der Waals surface area contributed by atoms with Gasteiger partial charge in [-0.1, -0.05) is 11.6 Å². The lowest BCUT2D eigenvalue weighted by molar-refractivity contribution is 0.174. The minimum absolute atomic E-state index is 0.276. The van der Waals surface area contributed by atoms with Crippen LogP contribution in [0.15, 0.2) is 12.1 Å². The number of nitrogens with one attached hydrogen (secondary N) is 1. The number of halogens is 1. The molecule has 3 aliphatic rings. The van der Waals surface area contributed by atoms with E-state index in [0.717, 1.165) is 24.1 Å². The molecule has 2 atom stereocenters. The SMILES string of the molecule is Clc1cc(CN2CC3CNCC3C2)cc2c1OCO2. The first-order valence-corrected chi connectivity index (χ1v) is 7.18. The zero-order valence-corrected chi connectivity index (χ0v) is 11.4. The van der Waals surface area contributed by atoms with Crippen molar-refractivity contribution in [2.45, 2.75) is 6.54 Å². The van der Waals surface area contributed by atoms with Gasteiger partial charge < -0.3 is 14.8 Å². The molecule has 1 aromatic carbocycles. The van der Waals surface area contributed by atoms with Crippen LogP contribution in [-0.4, -0.2) is 37.9 Å². The van der Waals surface area contributed by atoms with Gasteiger partial charge in [0.2, 0.25) is 6.79 Å². The molecule has 2 fully saturated rings. The number of ether oxygens (including phenoxy) is 2. The molecule has 0 bridgehead atoms. The average Bonchev–Trinajstić information content (AvgIpc) is 3.02. The molecule has 3 aliphatic heterocycles. The Morgan fingerprint density at radius 1 is 1.21 bits per heavy atom. The van der Waals surface area contributed by atoms with Crippen molar-refractivity contribution in [1.29, 1.82) is 0 Å². The zero-order valence-electron chi connectivity index (χ0n) is 10.7. The topological polar surface area (TPSA) is 33.7 Å². The maximum atomic E-state index is 6.22. The van der Waals surface area contributed by atoms with Crippen molar-refractivity contribution < 1.29 is 9.47 Å².